The van der Waals surface area contributed by atoms with E-state index in [0.29, 0.717) is 11.8 Å². The van der Waals surface area contributed by atoms with Crippen molar-refractivity contribution in [3.8, 4) is 5.75 Å². The highest BCUT2D eigenvalue weighted by molar-refractivity contribution is 6.18. The van der Waals surface area contributed by atoms with E-state index in [1.165, 1.54) is 79.3 Å². The summed E-state index contributed by atoms with van der Waals surface area (Å²) in [6, 6.07) is 0. The fourth-order valence-electron chi connectivity index (χ4n) is 6.29. The number of fused-ring (bicyclic) bond motifs is 1. The molecule has 0 bridgehead atoms. The first-order valence-electron chi connectivity index (χ1n) is 15.2. The summed E-state index contributed by atoms with van der Waals surface area (Å²) in [5, 5.41) is 0. The Balaban J connectivity index is 1.90. The third-order valence-corrected chi connectivity index (χ3v) is 9.23. The third kappa shape index (κ3) is 9.82. The smallest absolute Gasteiger partial charge is 0.126 e. The van der Waals surface area contributed by atoms with Crippen molar-refractivity contribution < 1.29 is 4.74 Å². The van der Waals surface area contributed by atoms with Gasteiger partial charge in [0, 0.05) is 30.5 Å². The lowest BCUT2D eigenvalue weighted by Gasteiger charge is -2.40. The molecule has 1 aromatic rings. The van der Waals surface area contributed by atoms with Crippen molar-refractivity contribution in [2.75, 3.05) is 29.7 Å². The summed E-state index contributed by atoms with van der Waals surface area (Å²) in [4.78, 5) is 2.36. The lowest BCUT2D eigenvalue weighted by molar-refractivity contribution is 0.0514. The number of alkyl halides is 2. The number of halogens is 2. The molecule has 0 saturated heterocycles. The Hall–Kier alpha value is -0.600. The molecular weight excluding hydrogens is 497 g/mol. The molecule has 37 heavy (non-hydrogen) atoms. The maximum absolute atomic E-state index is 6.84. The van der Waals surface area contributed by atoms with Gasteiger partial charge in [0.05, 0.1) is 0 Å². The van der Waals surface area contributed by atoms with Crippen LogP contribution in [0.5, 0.6) is 5.75 Å². The van der Waals surface area contributed by atoms with Gasteiger partial charge in [-0.15, -0.1) is 23.2 Å². The van der Waals surface area contributed by atoms with Crippen LogP contribution < -0.4 is 9.64 Å². The van der Waals surface area contributed by atoms with Gasteiger partial charge in [-0.1, -0.05) is 72.6 Å². The number of hydrogen-bond donors (Lipinski definition) is 0. The molecule has 2 nitrogen and oxygen atoms in total. The van der Waals surface area contributed by atoms with Crippen molar-refractivity contribution in [2.45, 2.75) is 132 Å². The molecule has 1 aliphatic rings. The molecule has 0 saturated carbocycles. The molecule has 0 fully saturated rings. The molecule has 0 spiro atoms. The van der Waals surface area contributed by atoms with Crippen molar-refractivity contribution in [1.29, 1.82) is 0 Å². The monoisotopic (exact) mass is 553 g/mol. The zero-order valence-corrected chi connectivity index (χ0v) is 27.0. The van der Waals surface area contributed by atoms with Crippen molar-refractivity contribution in [2.24, 2.45) is 17.8 Å². The van der Waals surface area contributed by atoms with Gasteiger partial charge in [0.1, 0.15) is 11.4 Å². The summed E-state index contributed by atoms with van der Waals surface area (Å²) in [6.07, 6.45) is 14.2. The van der Waals surface area contributed by atoms with Gasteiger partial charge >= 0.3 is 0 Å². The van der Waals surface area contributed by atoms with Gasteiger partial charge in [0.25, 0.3) is 0 Å². The van der Waals surface area contributed by atoms with Gasteiger partial charge < -0.3 is 9.64 Å². The standard InChI is InChI=1S/C33H57Cl2NO/c1-24(2)12-9-13-25(3)14-10-15-26(4)16-11-18-33(8)19-17-30-29(7)31(36(22-20-34)23-21-35)27(5)28(6)32(30)37-33/h24-26H,9-23H2,1-8H3. The normalized spacial score (nSPS) is 19.0. The van der Waals surface area contributed by atoms with Crippen LogP contribution in [-0.4, -0.2) is 30.5 Å². The van der Waals surface area contributed by atoms with E-state index in [-0.39, 0.29) is 5.60 Å². The molecule has 4 heteroatoms. The highest BCUT2D eigenvalue weighted by atomic mass is 35.5. The summed E-state index contributed by atoms with van der Waals surface area (Å²) in [5.41, 5.74) is 6.58. The molecule has 0 N–H and O–H groups in total. The van der Waals surface area contributed by atoms with Crippen molar-refractivity contribution in [1.82, 2.24) is 0 Å². The van der Waals surface area contributed by atoms with Crippen LogP contribution in [0.25, 0.3) is 0 Å². The van der Waals surface area contributed by atoms with E-state index in [0.717, 1.165) is 55.9 Å². The molecule has 1 aliphatic heterocycles. The van der Waals surface area contributed by atoms with Crippen LogP contribution in [0.4, 0.5) is 5.69 Å². The van der Waals surface area contributed by atoms with E-state index in [9.17, 15) is 0 Å². The van der Waals surface area contributed by atoms with Gasteiger partial charge in [-0.25, -0.2) is 0 Å². The predicted octanol–water partition coefficient (Wildman–Crippen LogP) is 10.4. The van der Waals surface area contributed by atoms with E-state index in [1.807, 2.05) is 0 Å². The van der Waals surface area contributed by atoms with Crippen molar-refractivity contribution in [3.05, 3.63) is 22.3 Å². The van der Waals surface area contributed by atoms with Gasteiger partial charge in [-0.2, -0.15) is 0 Å². The van der Waals surface area contributed by atoms with E-state index in [2.05, 4.69) is 60.3 Å². The van der Waals surface area contributed by atoms with Crippen LogP contribution in [0.15, 0.2) is 0 Å². The minimum absolute atomic E-state index is 0.0607. The second-order valence-corrected chi connectivity index (χ2v) is 13.6. The lowest BCUT2D eigenvalue weighted by Crippen LogP contribution is -2.38. The lowest BCUT2D eigenvalue weighted by atomic mass is 9.83. The van der Waals surface area contributed by atoms with E-state index in [1.54, 1.807) is 0 Å². The molecule has 214 valence electrons. The largest absolute Gasteiger partial charge is 0.487 e. The van der Waals surface area contributed by atoms with Crippen molar-refractivity contribution in [3.63, 3.8) is 0 Å². The second-order valence-electron chi connectivity index (χ2n) is 12.8. The summed E-state index contributed by atoms with van der Waals surface area (Å²) in [5.74, 6) is 4.90. The Bertz CT molecular complexity index is 817. The van der Waals surface area contributed by atoms with E-state index >= 15 is 0 Å². The third-order valence-electron chi connectivity index (χ3n) is 8.89. The maximum atomic E-state index is 6.84. The number of ether oxygens (including phenoxy) is 1. The molecule has 1 aromatic carbocycles. The van der Waals surface area contributed by atoms with Crippen LogP contribution in [0.1, 0.15) is 121 Å². The molecule has 0 radical (unpaired) electrons. The zero-order chi connectivity index (χ0) is 27.6. The van der Waals surface area contributed by atoms with E-state index in [4.69, 9.17) is 27.9 Å². The van der Waals surface area contributed by atoms with E-state index < -0.39 is 0 Å². The Morgan fingerprint density at radius 1 is 0.784 bits per heavy atom. The molecule has 2 rings (SSSR count). The van der Waals surface area contributed by atoms with Crippen LogP contribution in [0, 0.1) is 38.5 Å². The van der Waals surface area contributed by atoms with Gasteiger partial charge in [-0.05, 0) is 93.4 Å². The molecule has 3 unspecified atom stereocenters. The highest BCUT2D eigenvalue weighted by Gasteiger charge is 2.34. The average molecular weight is 555 g/mol. The van der Waals surface area contributed by atoms with Crippen LogP contribution >= 0.6 is 23.2 Å². The molecule has 0 aliphatic carbocycles. The number of hydrogen-bond acceptors (Lipinski definition) is 2. The Morgan fingerprint density at radius 3 is 1.86 bits per heavy atom. The summed E-state index contributed by atoms with van der Waals surface area (Å²) < 4.78 is 6.84. The second kappa shape index (κ2) is 15.9. The highest BCUT2D eigenvalue weighted by Crippen LogP contribution is 2.45. The first-order valence-corrected chi connectivity index (χ1v) is 16.3. The molecule has 1 heterocycles. The average Bonchev–Trinajstić information content (AvgIpc) is 2.82. The number of rotatable bonds is 17. The molecule has 3 atom stereocenters. The predicted molar refractivity (Wildman–Crippen MR) is 166 cm³/mol. The first kappa shape index (κ1) is 32.6. The molecule has 0 amide bonds. The Morgan fingerprint density at radius 2 is 1.32 bits per heavy atom. The summed E-state index contributed by atoms with van der Waals surface area (Å²) in [6.45, 7) is 20.3. The SMILES string of the molecule is Cc1c(C)c(N(CCCl)CCCl)c(C)c2c1OC(C)(CCCC(C)CCCC(C)CCCC(C)C)CC2. The van der Waals surface area contributed by atoms with Gasteiger partial charge in [0.15, 0.2) is 0 Å². The summed E-state index contributed by atoms with van der Waals surface area (Å²) in [7, 11) is 0. The fraction of sp³-hybridized carbons (Fsp3) is 0.818. The number of anilines is 1. The number of benzene rings is 1. The minimum Gasteiger partial charge on any atom is -0.487 e. The molecule has 0 aromatic heterocycles. The summed E-state index contributed by atoms with van der Waals surface area (Å²) >= 11 is 12.3. The van der Waals surface area contributed by atoms with Crippen LogP contribution in [0.2, 0.25) is 0 Å². The van der Waals surface area contributed by atoms with Crippen molar-refractivity contribution >= 4 is 28.9 Å². The fourth-order valence-corrected chi connectivity index (χ4v) is 6.70. The van der Waals surface area contributed by atoms with Crippen LogP contribution in [0.3, 0.4) is 0 Å². The first-order chi connectivity index (χ1) is 17.5. The van der Waals surface area contributed by atoms with Gasteiger partial charge in [0.2, 0.25) is 0 Å². The number of nitrogens with zero attached hydrogens (tertiary/aromatic N) is 1. The minimum atomic E-state index is -0.0607. The zero-order valence-electron chi connectivity index (χ0n) is 25.5. The maximum Gasteiger partial charge on any atom is 0.126 e. The molecular formula is C33H57Cl2NO. The Labute approximate surface area is 240 Å². The quantitative estimate of drug-likeness (QED) is 0.178. The topological polar surface area (TPSA) is 12.5 Å². The van der Waals surface area contributed by atoms with Gasteiger partial charge in [-0.3, -0.25) is 0 Å². The van der Waals surface area contributed by atoms with Crippen LogP contribution in [-0.2, 0) is 6.42 Å². The Kier molecular flexibility index (Phi) is 14.0.